The maximum absolute atomic E-state index is 12.9. The van der Waals surface area contributed by atoms with E-state index in [1.54, 1.807) is 24.3 Å². The van der Waals surface area contributed by atoms with Crippen molar-refractivity contribution in [2.75, 3.05) is 5.32 Å². The molecule has 1 atom stereocenters. The summed E-state index contributed by atoms with van der Waals surface area (Å²) in [5.74, 6) is -0.353. The Labute approximate surface area is 181 Å². The van der Waals surface area contributed by atoms with Gasteiger partial charge in [0.25, 0.3) is 0 Å². The molecule has 0 spiro atoms. The van der Waals surface area contributed by atoms with Gasteiger partial charge in [0.05, 0.1) is 12.5 Å². The van der Waals surface area contributed by atoms with Gasteiger partial charge in [0, 0.05) is 12.1 Å². The zero-order valence-corrected chi connectivity index (χ0v) is 17.0. The molecule has 2 amide bonds. The Morgan fingerprint density at radius 1 is 0.839 bits per heavy atom. The van der Waals surface area contributed by atoms with E-state index in [2.05, 4.69) is 16.7 Å². The number of rotatable bonds is 8. The third-order valence-electron chi connectivity index (χ3n) is 4.61. The number of ether oxygens (including phenoxy) is 1. The Hall–Kier alpha value is -4.11. The summed E-state index contributed by atoms with van der Waals surface area (Å²) < 4.78 is 5.28. The molecule has 0 heterocycles. The van der Waals surface area contributed by atoms with Gasteiger partial charge in [-0.05, 0) is 28.8 Å². The minimum Gasteiger partial charge on any atom is -0.445 e. The Morgan fingerprint density at radius 3 is 2.06 bits per heavy atom. The summed E-state index contributed by atoms with van der Waals surface area (Å²) in [6.45, 7) is 0.118. The Balaban J connectivity index is 1.65. The van der Waals surface area contributed by atoms with Crippen LogP contribution in [-0.2, 0) is 29.0 Å². The average Bonchev–Trinajstić information content (AvgIpc) is 2.80. The molecule has 0 aliphatic carbocycles. The van der Waals surface area contributed by atoms with Crippen LogP contribution < -0.4 is 10.6 Å². The first-order valence-electron chi connectivity index (χ1n) is 9.92. The summed E-state index contributed by atoms with van der Waals surface area (Å²) >= 11 is 0. The predicted molar refractivity (Wildman–Crippen MR) is 118 cm³/mol. The van der Waals surface area contributed by atoms with Gasteiger partial charge in [-0.3, -0.25) is 4.79 Å². The van der Waals surface area contributed by atoms with Crippen LogP contribution in [0, 0.1) is 11.3 Å². The molecule has 31 heavy (non-hydrogen) atoms. The van der Waals surface area contributed by atoms with Crippen LogP contribution in [0.1, 0.15) is 16.7 Å². The first-order chi connectivity index (χ1) is 15.1. The van der Waals surface area contributed by atoms with E-state index in [9.17, 15) is 9.59 Å². The van der Waals surface area contributed by atoms with Crippen molar-refractivity contribution in [2.24, 2.45) is 0 Å². The van der Waals surface area contributed by atoms with Crippen LogP contribution in [0.15, 0.2) is 84.9 Å². The van der Waals surface area contributed by atoms with Crippen molar-refractivity contribution in [2.45, 2.75) is 25.5 Å². The van der Waals surface area contributed by atoms with E-state index in [4.69, 9.17) is 10.00 Å². The van der Waals surface area contributed by atoms with Gasteiger partial charge in [0.2, 0.25) is 5.91 Å². The number of carbonyl (C=O) groups is 2. The van der Waals surface area contributed by atoms with Gasteiger partial charge in [-0.2, -0.15) is 5.26 Å². The topological polar surface area (TPSA) is 91.2 Å². The van der Waals surface area contributed by atoms with Crippen molar-refractivity contribution in [3.63, 3.8) is 0 Å². The third-order valence-corrected chi connectivity index (χ3v) is 4.61. The fourth-order valence-corrected chi connectivity index (χ4v) is 2.99. The first-order valence-corrected chi connectivity index (χ1v) is 9.92. The first kappa shape index (κ1) is 21.6. The molecule has 6 nitrogen and oxygen atoms in total. The number of benzene rings is 3. The van der Waals surface area contributed by atoms with Crippen molar-refractivity contribution in [3.8, 4) is 6.07 Å². The zero-order chi connectivity index (χ0) is 21.9. The van der Waals surface area contributed by atoms with E-state index in [1.165, 1.54) is 0 Å². The number of hydrogen-bond donors (Lipinski definition) is 2. The Bertz CT molecular complexity index is 1030. The SMILES string of the molecule is N#CCc1ccc(NC(=O)[C@H](Cc2ccccc2)NC(=O)OCc2ccccc2)cc1. The van der Waals surface area contributed by atoms with Gasteiger partial charge in [-0.25, -0.2) is 4.79 Å². The predicted octanol–water partition coefficient (Wildman–Crippen LogP) is 4.23. The summed E-state index contributed by atoms with van der Waals surface area (Å²) in [5, 5.41) is 14.3. The third kappa shape index (κ3) is 7.02. The van der Waals surface area contributed by atoms with Gasteiger partial charge >= 0.3 is 6.09 Å². The number of anilines is 1. The van der Waals surface area contributed by atoms with Crippen LogP contribution >= 0.6 is 0 Å². The second-order valence-corrected chi connectivity index (χ2v) is 6.97. The Morgan fingerprint density at radius 2 is 1.45 bits per heavy atom. The van der Waals surface area contributed by atoms with Gasteiger partial charge in [-0.1, -0.05) is 72.8 Å². The van der Waals surface area contributed by atoms with E-state index in [-0.39, 0.29) is 12.5 Å². The second-order valence-electron chi connectivity index (χ2n) is 6.97. The quantitative estimate of drug-likeness (QED) is 0.578. The van der Waals surface area contributed by atoms with E-state index < -0.39 is 12.1 Å². The van der Waals surface area contributed by atoms with Crippen molar-refractivity contribution in [1.29, 1.82) is 5.26 Å². The standard InChI is InChI=1S/C25H23N3O3/c26-16-15-19-11-13-22(14-12-19)27-24(29)23(17-20-7-3-1-4-8-20)28-25(30)31-18-21-9-5-2-6-10-21/h1-14,23H,15,17-18H2,(H,27,29)(H,28,30)/t23-/m0/s1. The molecule has 3 aromatic carbocycles. The second kappa shape index (κ2) is 11.2. The van der Waals surface area contributed by atoms with Crippen LogP contribution in [0.25, 0.3) is 0 Å². The smallest absolute Gasteiger partial charge is 0.408 e. The molecule has 3 aromatic rings. The fourth-order valence-electron chi connectivity index (χ4n) is 2.99. The highest BCUT2D eigenvalue weighted by atomic mass is 16.5. The van der Waals surface area contributed by atoms with Crippen LogP contribution in [-0.4, -0.2) is 18.0 Å². The minimum atomic E-state index is -0.815. The molecule has 0 aromatic heterocycles. The maximum Gasteiger partial charge on any atom is 0.408 e. The molecule has 3 rings (SSSR count). The molecule has 6 heteroatoms. The lowest BCUT2D eigenvalue weighted by Crippen LogP contribution is -2.45. The number of nitriles is 1. The Kier molecular flexibility index (Phi) is 7.78. The van der Waals surface area contributed by atoms with E-state index in [0.717, 1.165) is 16.7 Å². The van der Waals surface area contributed by atoms with Crippen molar-refractivity contribution in [1.82, 2.24) is 5.32 Å². The van der Waals surface area contributed by atoms with E-state index in [0.29, 0.717) is 18.5 Å². The molecule has 0 radical (unpaired) electrons. The van der Waals surface area contributed by atoms with Crippen LogP contribution in [0.3, 0.4) is 0 Å². The van der Waals surface area contributed by atoms with Crippen molar-refractivity contribution < 1.29 is 14.3 Å². The van der Waals surface area contributed by atoms with E-state index in [1.807, 2.05) is 60.7 Å². The highest BCUT2D eigenvalue weighted by molar-refractivity contribution is 5.96. The highest BCUT2D eigenvalue weighted by Crippen LogP contribution is 2.12. The number of carbonyl (C=O) groups excluding carboxylic acids is 2. The van der Waals surface area contributed by atoms with Gasteiger partial charge in [0.1, 0.15) is 12.6 Å². The van der Waals surface area contributed by atoms with Gasteiger partial charge < -0.3 is 15.4 Å². The lowest BCUT2D eigenvalue weighted by Gasteiger charge is -2.19. The summed E-state index contributed by atoms with van der Waals surface area (Å²) in [4.78, 5) is 25.3. The molecule has 0 saturated heterocycles. The lowest BCUT2D eigenvalue weighted by atomic mass is 10.1. The molecule has 0 unspecified atom stereocenters. The summed E-state index contributed by atoms with van der Waals surface area (Å²) in [7, 11) is 0. The molecule has 0 saturated carbocycles. The highest BCUT2D eigenvalue weighted by Gasteiger charge is 2.22. The van der Waals surface area contributed by atoms with Crippen molar-refractivity contribution >= 4 is 17.7 Å². The van der Waals surface area contributed by atoms with Gasteiger partial charge in [0.15, 0.2) is 0 Å². The number of alkyl carbamates (subject to hydrolysis) is 1. The molecular formula is C25H23N3O3. The fraction of sp³-hybridized carbons (Fsp3) is 0.160. The van der Waals surface area contributed by atoms with E-state index >= 15 is 0 Å². The summed E-state index contributed by atoms with van der Waals surface area (Å²) in [6.07, 6.45) is -0.0384. The normalized spacial score (nSPS) is 11.1. The summed E-state index contributed by atoms with van der Waals surface area (Å²) in [6, 6.07) is 27.1. The zero-order valence-electron chi connectivity index (χ0n) is 17.0. The summed E-state index contributed by atoms with van der Waals surface area (Å²) in [5.41, 5.74) is 3.22. The van der Waals surface area contributed by atoms with Crippen LogP contribution in [0.5, 0.6) is 0 Å². The molecule has 2 N–H and O–H groups in total. The lowest BCUT2D eigenvalue weighted by molar-refractivity contribution is -0.118. The number of nitrogens with one attached hydrogen (secondary N) is 2. The molecule has 156 valence electrons. The van der Waals surface area contributed by atoms with Crippen LogP contribution in [0.4, 0.5) is 10.5 Å². The molecular weight excluding hydrogens is 390 g/mol. The van der Waals surface area contributed by atoms with Gasteiger partial charge in [-0.15, -0.1) is 0 Å². The van der Waals surface area contributed by atoms with Crippen molar-refractivity contribution in [3.05, 3.63) is 102 Å². The van der Waals surface area contributed by atoms with Crippen LogP contribution in [0.2, 0.25) is 0 Å². The largest absolute Gasteiger partial charge is 0.445 e. The molecule has 0 aliphatic heterocycles. The monoisotopic (exact) mass is 413 g/mol. The number of amides is 2. The molecule has 0 aliphatic rings. The number of hydrogen-bond acceptors (Lipinski definition) is 4. The molecule has 0 bridgehead atoms. The minimum absolute atomic E-state index is 0.118. The molecule has 0 fully saturated rings. The number of nitrogens with zero attached hydrogens (tertiary/aromatic N) is 1. The average molecular weight is 413 g/mol. The maximum atomic E-state index is 12.9.